The van der Waals surface area contributed by atoms with Gasteiger partial charge in [-0.3, -0.25) is 0 Å². The number of nitrogens with zero attached hydrogens (tertiary/aromatic N) is 1. The van der Waals surface area contributed by atoms with Crippen LogP contribution in [-0.4, -0.2) is 0 Å². The van der Waals surface area contributed by atoms with Crippen molar-refractivity contribution >= 4 is 102 Å². The minimum absolute atomic E-state index is 0.0925. The van der Waals surface area contributed by atoms with Gasteiger partial charge in [-0.05, 0) is 93.0 Å². The van der Waals surface area contributed by atoms with Gasteiger partial charge in [0.15, 0.2) is 0 Å². The lowest BCUT2D eigenvalue weighted by molar-refractivity contribution is 0.653. The molecule has 2 nitrogen and oxygen atoms in total. The lowest BCUT2D eigenvalue weighted by Gasteiger charge is -2.26. The average Bonchev–Trinajstić information content (AvgIpc) is 4.13. The highest BCUT2D eigenvalue weighted by Crippen LogP contribution is 2.53. The van der Waals surface area contributed by atoms with E-state index in [-0.39, 0.29) is 5.41 Å². The van der Waals surface area contributed by atoms with Crippen molar-refractivity contribution in [1.29, 1.82) is 0 Å². The molecule has 0 saturated carbocycles. The topological polar surface area (TPSA) is 16.4 Å². The molecule has 10 aromatic carbocycles. The maximum atomic E-state index is 7.02. The Morgan fingerprint density at radius 3 is 1.34 bits per heavy atom. The SMILES string of the molecule is CC1(C)c2ccccc2-c2c1ccc1c2oc2c(-c3ccc(N(c4ccc(-c5cccc6c5sc5ccccc56)cc4)c4ccc(-c5cccc6c5sc5ccccc56)cc4)cc3)cccc21. The first-order chi connectivity index (χ1) is 33.0. The van der Waals surface area contributed by atoms with Crippen molar-refractivity contribution in [3.8, 4) is 44.5 Å². The van der Waals surface area contributed by atoms with Gasteiger partial charge in [0.1, 0.15) is 11.2 Å². The fraction of sp³-hybridized carbons (Fsp3) is 0.0476. The summed E-state index contributed by atoms with van der Waals surface area (Å²) in [6.07, 6.45) is 0. The summed E-state index contributed by atoms with van der Waals surface area (Å²) < 4.78 is 12.3. The molecule has 0 atom stereocenters. The number of benzene rings is 10. The van der Waals surface area contributed by atoms with Crippen LogP contribution in [0.3, 0.4) is 0 Å². The van der Waals surface area contributed by atoms with Crippen molar-refractivity contribution in [2.24, 2.45) is 0 Å². The third-order valence-electron chi connectivity index (χ3n) is 14.3. The number of fused-ring (bicyclic) bond motifs is 13. The second kappa shape index (κ2) is 14.6. The predicted octanol–water partition coefficient (Wildman–Crippen LogP) is 19.1. The van der Waals surface area contributed by atoms with Gasteiger partial charge in [-0.25, -0.2) is 0 Å². The zero-order valence-corrected chi connectivity index (χ0v) is 38.5. The minimum Gasteiger partial charge on any atom is -0.455 e. The summed E-state index contributed by atoms with van der Waals surface area (Å²) in [5.74, 6) is 0. The van der Waals surface area contributed by atoms with Gasteiger partial charge in [0.25, 0.3) is 0 Å². The fourth-order valence-corrected chi connectivity index (χ4v) is 13.5. The van der Waals surface area contributed by atoms with Gasteiger partial charge in [0.2, 0.25) is 0 Å². The first kappa shape index (κ1) is 38.5. The lowest BCUT2D eigenvalue weighted by atomic mass is 9.82. The Labute approximate surface area is 396 Å². The number of hydrogen-bond donors (Lipinski definition) is 0. The van der Waals surface area contributed by atoms with Gasteiger partial charge in [0, 0.05) is 84.7 Å². The van der Waals surface area contributed by atoms with Crippen molar-refractivity contribution in [3.63, 3.8) is 0 Å². The van der Waals surface area contributed by atoms with Crippen LogP contribution in [0, 0.1) is 0 Å². The zero-order chi connectivity index (χ0) is 44.4. The van der Waals surface area contributed by atoms with Crippen LogP contribution >= 0.6 is 22.7 Å². The molecule has 0 bridgehead atoms. The van der Waals surface area contributed by atoms with E-state index in [1.165, 1.54) is 84.9 Å². The standard InChI is InChI=1S/C63H41NOS2/c1-63(2)54-21-6-3-14-53(54)58-55(63)37-36-50-49-18-9-15-44(59(49)65-60(50)58)38-24-30-41(31-25-38)64(42-32-26-39(27-33-42)45-16-10-19-51-47-12-4-7-22-56(47)66-61(45)51)43-34-28-40(29-35-43)46-17-11-20-52-48-13-5-8-23-57(48)67-62(46)52/h3-37H,1-2H3. The Hall–Kier alpha value is -7.76. The second-order valence-electron chi connectivity index (χ2n) is 18.4. The molecule has 316 valence electrons. The van der Waals surface area contributed by atoms with Crippen LogP contribution in [0.1, 0.15) is 25.0 Å². The quantitative estimate of drug-likeness (QED) is 0.165. The monoisotopic (exact) mass is 891 g/mol. The number of furan rings is 1. The van der Waals surface area contributed by atoms with Crippen LogP contribution in [0.2, 0.25) is 0 Å². The van der Waals surface area contributed by atoms with Crippen LogP contribution in [0.5, 0.6) is 0 Å². The van der Waals surface area contributed by atoms with E-state index in [0.717, 1.165) is 50.1 Å². The van der Waals surface area contributed by atoms with Crippen molar-refractivity contribution in [2.75, 3.05) is 4.90 Å². The fourth-order valence-electron chi connectivity index (χ4n) is 11.0. The van der Waals surface area contributed by atoms with Gasteiger partial charge in [-0.1, -0.05) is 178 Å². The van der Waals surface area contributed by atoms with E-state index in [4.69, 9.17) is 4.42 Å². The zero-order valence-electron chi connectivity index (χ0n) is 36.9. The van der Waals surface area contributed by atoms with Gasteiger partial charge in [0.05, 0.1) is 0 Å². The summed E-state index contributed by atoms with van der Waals surface area (Å²) in [6.45, 7) is 4.65. The smallest absolute Gasteiger partial charge is 0.143 e. The van der Waals surface area contributed by atoms with Gasteiger partial charge < -0.3 is 9.32 Å². The van der Waals surface area contributed by atoms with Crippen molar-refractivity contribution in [2.45, 2.75) is 19.3 Å². The van der Waals surface area contributed by atoms with Crippen molar-refractivity contribution < 1.29 is 4.42 Å². The molecule has 0 fully saturated rings. The molecule has 14 rings (SSSR count). The molecule has 67 heavy (non-hydrogen) atoms. The van der Waals surface area contributed by atoms with E-state index in [1.54, 1.807) is 0 Å². The summed E-state index contributed by atoms with van der Waals surface area (Å²) in [7, 11) is 0. The molecule has 3 heterocycles. The second-order valence-corrected chi connectivity index (χ2v) is 20.5. The highest BCUT2D eigenvalue weighted by molar-refractivity contribution is 7.26. The number of para-hydroxylation sites is 1. The molecule has 0 radical (unpaired) electrons. The molecule has 1 aliphatic rings. The summed E-state index contributed by atoms with van der Waals surface area (Å²) in [5.41, 5.74) is 17.4. The first-order valence-corrected chi connectivity index (χ1v) is 24.6. The van der Waals surface area contributed by atoms with Gasteiger partial charge in [-0.15, -0.1) is 22.7 Å². The van der Waals surface area contributed by atoms with E-state index in [0.29, 0.717) is 0 Å². The van der Waals surface area contributed by atoms with E-state index in [1.807, 2.05) is 22.7 Å². The summed E-state index contributed by atoms with van der Waals surface area (Å²) >= 11 is 3.75. The first-order valence-electron chi connectivity index (χ1n) is 23.0. The Morgan fingerprint density at radius 1 is 0.343 bits per heavy atom. The molecule has 3 aromatic heterocycles. The van der Waals surface area contributed by atoms with Crippen LogP contribution < -0.4 is 4.90 Å². The normalized spacial score (nSPS) is 13.0. The van der Waals surface area contributed by atoms with E-state index in [9.17, 15) is 0 Å². The van der Waals surface area contributed by atoms with Crippen molar-refractivity contribution in [3.05, 3.63) is 223 Å². The molecule has 0 aliphatic heterocycles. The van der Waals surface area contributed by atoms with Crippen molar-refractivity contribution in [1.82, 2.24) is 0 Å². The van der Waals surface area contributed by atoms with Crippen LogP contribution in [-0.2, 0) is 5.41 Å². The highest BCUT2D eigenvalue weighted by atomic mass is 32.1. The van der Waals surface area contributed by atoms with E-state index in [2.05, 4.69) is 231 Å². The number of thiophene rings is 2. The predicted molar refractivity (Wildman–Crippen MR) is 288 cm³/mol. The molecular weight excluding hydrogens is 851 g/mol. The number of rotatable bonds is 6. The molecule has 0 unspecified atom stereocenters. The molecule has 13 aromatic rings. The van der Waals surface area contributed by atoms with Crippen LogP contribution in [0.4, 0.5) is 17.1 Å². The summed E-state index contributed by atoms with van der Waals surface area (Å²) in [4.78, 5) is 2.38. The van der Waals surface area contributed by atoms with Crippen LogP contribution in [0.25, 0.3) is 107 Å². The van der Waals surface area contributed by atoms with E-state index < -0.39 is 0 Å². The molecule has 1 aliphatic carbocycles. The Bertz CT molecular complexity index is 3950. The third kappa shape index (κ3) is 5.80. The van der Waals surface area contributed by atoms with E-state index >= 15 is 0 Å². The molecule has 4 heteroatoms. The average molecular weight is 892 g/mol. The molecule has 0 amide bonds. The minimum atomic E-state index is -0.0925. The molecule has 0 N–H and O–H groups in total. The molecule has 0 spiro atoms. The maximum Gasteiger partial charge on any atom is 0.143 e. The Kier molecular flexibility index (Phi) is 8.40. The van der Waals surface area contributed by atoms with Crippen LogP contribution in [0.15, 0.2) is 217 Å². The Morgan fingerprint density at radius 2 is 0.776 bits per heavy atom. The lowest BCUT2D eigenvalue weighted by Crippen LogP contribution is -2.14. The Balaban J connectivity index is 0.874. The third-order valence-corrected chi connectivity index (χ3v) is 16.8. The number of hydrogen-bond acceptors (Lipinski definition) is 4. The summed E-state index contributed by atoms with van der Waals surface area (Å²) in [5, 5.41) is 7.56. The summed E-state index contributed by atoms with van der Waals surface area (Å²) in [6, 6.07) is 78.1. The van der Waals surface area contributed by atoms with Gasteiger partial charge >= 0.3 is 0 Å². The largest absolute Gasteiger partial charge is 0.455 e. The highest BCUT2D eigenvalue weighted by Gasteiger charge is 2.37. The number of anilines is 3. The van der Waals surface area contributed by atoms with Gasteiger partial charge in [-0.2, -0.15) is 0 Å². The molecule has 0 saturated heterocycles. The maximum absolute atomic E-state index is 7.02. The molecular formula is C63H41NOS2.